The molecule has 0 aliphatic carbocycles. The topological polar surface area (TPSA) is 78.9 Å². The third-order valence-corrected chi connectivity index (χ3v) is 12.6. The zero-order valence-electron chi connectivity index (χ0n) is 49.0. The molecule has 76 heavy (non-hydrogen) atoms. The summed E-state index contributed by atoms with van der Waals surface area (Å²) in [6.07, 6.45) is 90.3. The smallest absolute Gasteiger partial charge is 0.306 e. The minimum absolute atomic E-state index is 0.0958. The lowest BCUT2D eigenvalue weighted by Gasteiger charge is -2.18. The van der Waals surface area contributed by atoms with Gasteiger partial charge in [0.25, 0.3) is 0 Å². The lowest BCUT2D eigenvalue weighted by molar-refractivity contribution is -0.167. The predicted molar refractivity (Wildman–Crippen MR) is 329 cm³/mol. The first-order valence-corrected chi connectivity index (χ1v) is 30.8. The van der Waals surface area contributed by atoms with Gasteiger partial charge in [0.1, 0.15) is 13.2 Å². The number of esters is 3. The van der Waals surface area contributed by atoms with Crippen molar-refractivity contribution in [2.24, 2.45) is 0 Å². The van der Waals surface area contributed by atoms with Crippen LogP contribution in [0, 0.1) is 0 Å². The second-order valence-corrected chi connectivity index (χ2v) is 19.9. The molecule has 0 spiro atoms. The second kappa shape index (κ2) is 62.8. The highest BCUT2D eigenvalue weighted by atomic mass is 16.6. The highest BCUT2D eigenvalue weighted by Crippen LogP contribution is 2.15. The van der Waals surface area contributed by atoms with Crippen LogP contribution < -0.4 is 0 Å². The summed E-state index contributed by atoms with van der Waals surface area (Å²) in [5.74, 6) is -0.945. The summed E-state index contributed by atoms with van der Waals surface area (Å²) in [5, 5.41) is 0. The average Bonchev–Trinajstić information content (AvgIpc) is 3.42. The normalized spacial score (nSPS) is 13.1. The summed E-state index contributed by atoms with van der Waals surface area (Å²) in [6.45, 7) is 6.31. The first-order valence-electron chi connectivity index (χ1n) is 30.8. The van der Waals surface area contributed by atoms with E-state index in [0.29, 0.717) is 12.8 Å². The number of allylic oxidation sites excluding steroid dienone is 24. The Labute approximate surface area is 467 Å². The summed E-state index contributed by atoms with van der Waals surface area (Å²) >= 11 is 0. The van der Waals surface area contributed by atoms with Crippen LogP contribution in [-0.2, 0) is 28.6 Å². The van der Waals surface area contributed by atoms with E-state index in [1.54, 1.807) is 0 Å². The molecule has 0 radical (unpaired) electrons. The second-order valence-electron chi connectivity index (χ2n) is 19.9. The average molecular weight is 1050 g/mol. The number of unbranched alkanes of at least 4 members (excludes halogenated alkanes) is 19. The third-order valence-electron chi connectivity index (χ3n) is 12.6. The molecule has 0 aromatic carbocycles. The summed E-state index contributed by atoms with van der Waals surface area (Å²) in [5.41, 5.74) is 0. The molecule has 0 heterocycles. The van der Waals surface area contributed by atoms with E-state index in [1.807, 2.05) is 0 Å². The Balaban J connectivity index is 4.14. The molecule has 0 saturated carbocycles. The summed E-state index contributed by atoms with van der Waals surface area (Å²) < 4.78 is 16.7. The quantitative estimate of drug-likeness (QED) is 0.0261. The fraction of sp³-hybridized carbons (Fsp3) is 0.614. The number of carbonyl (C=O) groups excluding carboxylic acids is 3. The Kier molecular flexibility index (Phi) is 58.9. The van der Waals surface area contributed by atoms with E-state index >= 15 is 0 Å². The molecule has 0 saturated heterocycles. The summed E-state index contributed by atoms with van der Waals surface area (Å²) in [4.78, 5) is 37.9. The molecular weight excluding hydrogens is 937 g/mol. The number of ether oxygens (including phenoxy) is 3. The molecule has 0 bridgehead atoms. The first-order chi connectivity index (χ1) is 37.5. The van der Waals surface area contributed by atoms with Crippen molar-refractivity contribution in [1.29, 1.82) is 0 Å². The third kappa shape index (κ3) is 60.2. The molecule has 0 N–H and O–H groups in total. The molecule has 0 fully saturated rings. The van der Waals surface area contributed by atoms with Crippen LogP contribution in [0.25, 0.3) is 0 Å². The van der Waals surface area contributed by atoms with Gasteiger partial charge in [-0.25, -0.2) is 0 Å². The van der Waals surface area contributed by atoms with Crippen LogP contribution in [0.4, 0.5) is 0 Å². The maximum atomic E-state index is 12.8. The Morgan fingerprint density at radius 2 is 0.513 bits per heavy atom. The van der Waals surface area contributed by atoms with Crippen LogP contribution >= 0.6 is 0 Å². The molecule has 1 unspecified atom stereocenters. The first kappa shape index (κ1) is 71.3. The molecular formula is C70H112O6. The fourth-order valence-corrected chi connectivity index (χ4v) is 8.04. The van der Waals surface area contributed by atoms with Gasteiger partial charge in [0.15, 0.2) is 6.10 Å². The van der Waals surface area contributed by atoms with Crippen LogP contribution in [0.1, 0.15) is 258 Å². The highest BCUT2D eigenvalue weighted by Gasteiger charge is 2.19. The van der Waals surface area contributed by atoms with Crippen molar-refractivity contribution in [3.8, 4) is 0 Å². The molecule has 0 aromatic heterocycles. The van der Waals surface area contributed by atoms with Crippen molar-refractivity contribution in [3.05, 3.63) is 146 Å². The summed E-state index contributed by atoms with van der Waals surface area (Å²) in [7, 11) is 0. The van der Waals surface area contributed by atoms with Crippen LogP contribution in [0.5, 0.6) is 0 Å². The highest BCUT2D eigenvalue weighted by molar-refractivity contribution is 5.71. The Morgan fingerprint density at radius 1 is 0.276 bits per heavy atom. The van der Waals surface area contributed by atoms with Crippen LogP contribution in [0.3, 0.4) is 0 Å². The lowest BCUT2D eigenvalue weighted by Crippen LogP contribution is -2.30. The van der Waals surface area contributed by atoms with Crippen molar-refractivity contribution in [3.63, 3.8) is 0 Å². The molecule has 1 atom stereocenters. The van der Waals surface area contributed by atoms with Gasteiger partial charge in [-0.2, -0.15) is 0 Å². The van der Waals surface area contributed by atoms with Gasteiger partial charge in [-0.3, -0.25) is 14.4 Å². The fourth-order valence-electron chi connectivity index (χ4n) is 8.04. The standard InChI is InChI=1S/C70H112O6/c1-4-7-10-13-16-18-20-22-24-26-28-29-30-31-32-33-34-35-36-37-38-39-40-41-43-44-46-48-50-52-54-57-60-63-69(72)75-66-67(65-74-68(71)62-59-56-15-12-9-6-3)76-70(73)64-61-58-55-53-51-49-47-45-42-27-25-23-21-19-17-14-11-8-5-2/h7-8,10-11,16-19,22-25,28-29,31-32,34-35,37-38,42,45,49,51,67H,4-6,9,12-15,20-21,26-27,30,33,36,39-41,43-44,46-48,50,52-66H2,1-3H3/b10-7-,11-8-,18-16-,19-17-,24-22-,25-23-,29-28-,32-31-,35-34-,38-37-,45-42-,51-49-. The molecule has 6 nitrogen and oxygen atoms in total. The van der Waals surface area contributed by atoms with Crippen molar-refractivity contribution in [1.82, 2.24) is 0 Å². The molecule has 6 heteroatoms. The van der Waals surface area contributed by atoms with Gasteiger partial charge in [-0.05, 0) is 122 Å². The largest absolute Gasteiger partial charge is 0.462 e. The van der Waals surface area contributed by atoms with Crippen molar-refractivity contribution in [2.75, 3.05) is 13.2 Å². The zero-order valence-corrected chi connectivity index (χ0v) is 49.0. The van der Waals surface area contributed by atoms with Gasteiger partial charge in [-0.15, -0.1) is 0 Å². The summed E-state index contributed by atoms with van der Waals surface area (Å²) in [6, 6.07) is 0. The van der Waals surface area contributed by atoms with Gasteiger partial charge >= 0.3 is 17.9 Å². The number of hydrogen-bond donors (Lipinski definition) is 0. The van der Waals surface area contributed by atoms with Crippen molar-refractivity contribution < 1.29 is 28.6 Å². The molecule has 0 rings (SSSR count). The van der Waals surface area contributed by atoms with E-state index in [-0.39, 0.29) is 37.5 Å². The monoisotopic (exact) mass is 1050 g/mol. The molecule has 0 aliphatic heterocycles. The van der Waals surface area contributed by atoms with Gasteiger partial charge in [0, 0.05) is 19.3 Å². The van der Waals surface area contributed by atoms with Crippen LogP contribution in [-0.4, -0.2) is 37.2 Å². The van der Waals surface area contributed by atoms with E-state index in [0.717, 1.165) is 141 Å². The Morgan fingerprint density at radius 3 is 0.816 bits per heavy atom. The molecule has 0 amide bonds. The van der Waals surface area contributed by atoms with Crippen LogP contribution in [0.15, 0.2) is 146 Å². The predicted octanol–water partition coefficient (Wildman–Crippen LogP) is 21.2. The van der Waals surface area contributed by atoms with Gasteiger partial charge < -0.3 is 14.2 Å². The Hall–Kier alpha value is -4.71. The maximum Gasteiger partial charge on any atom is 0.306 e. The van der Waals surface area contributed by atoms with E-state index in [1.165, 1.54) is 77.0 Å². The van der Waals surface area contributed by atoms with E-state index in [2.05, 4.69) is 167 Å². The van der Waals surface area contributed by atoms with Crippen molar-refractivity contribution in [2.45, 2.75) is 264 Å². The molecule has 0 aromatic rings. The lowest BCUT2D eigenvalue weighted by atomic mass is 10.0. The molecule has 0 aliphatic rings. The van der Waals surface area contributed by atoms with E-state index < -0.39 is 6.10 Å². The minimum atomic E-state index is -0.798. The number of carbonyl (C=O) groups is 3. The van der Waals surface area contributed by atoms with E-state index in [4.69, 9.17) is 14.2 Å². The number of rotatable bonds is 54. The minimum Gasteiger partial charge on any atom is -0.462 e. The van der Waals surface area contributed by atoms with Crippen molar-refractivity contribution >= 4 is 17.9 Å². The van der Waals surface area contributed by atoms with E-state index in [9.17, 15) is 14.4 Å². The van der Waals surface area contributed by atoms with Crippen LogP contribution in [0.2, 0.25) is 0 Å². The van der Waals surface area contributed by atoms with Gasteiger partial charge in [-0.1, -0.05) is 263 Å². The molecule has 428 valence electrons. The Bertz CT molecular complexity index is 1680. The SMILES string of the molecule is CC/C=C\C/C=C\C/C=C\C/C=C\C/C=C\C/C=C\C/C=C\CCCCCCCCCCCCCC(=O)OCC(COC(=O)CCCCCCCC)OC(=O)CCCCC/C=C\C/C=C\C/C=C\C/C=C\C/C=C\CC. The van der Waals surface area contributed by atoms with Gasteiger partial charge in [0.05, 0.1) is 0 Å². The van der Waals surface area contributed by atoms with Gasteiger partial charge in [0.2, 0.25) is 0 Å². The zero-order chi connectivity index (χ0) is 55.0. The maximum absolute atomic E-state index is 12.8. The number of hydrogen-bond acceptors (Lipinski definition) is 6.